The fourth-order valence-electron chi connectivity index (χ4n) is 3.83. The Morgan fingerprint density at radius 3 is 2.56 bits per heavy atom. The first-order valence-corrected chi connectivity index (χ1v) is 11.1. The van der Waals surface area contributed by atoms with Crippen LogP contribution in [0.5, 0.6) is 5.75 Å². The van der Waals surface area contributed by atoms with Crippen LogP contribution in [0.2, 0.25) is 0 Å². The summed E-state index contributed by atoms with van der Waals surface area (Å²) >= 11 is 0. The number of methoxy groups -OCH3 is 1. The Labute approximate surface area is 190 Å². The Morgan fingerprint density at radius 2 is 1.88 bits per heavy atom. The van der Waals surface area contributed by atoms with Crippen LogP contribution in [0.15, 0.2) is 54.7 Å². The molecule has 1 heterocycles. The van der Waals surface area contributed by atoms with Gasteiger partial charge in [0.05, 0.1) is 19.3 Å². The van der Waals surface area contributed by atoms with E-state index < -0.39 is 0 Å². The van der Waals surface area contributed by atoms with E-state index in [0.29, 0.717) is 18.7 Å². The highest BCUT2D eigenvalue weighted by Gasteiger charge is 2.14. The van der Waals surface area contributed by atoms with Gasteiger partial charge >= 0.3 is 0 Å². The Balaban J connectivity index is 1.62. The highest BCUT2D eigenvalue weighted by atomic mass is 16.5. The monoisotopic (exact) mass is 435 g/mol. The lowest BCUT2D eigenvalue weighted by atomic mass is 10.0. The number of aromatic nitrogens is 2. The van der Waals surface area contributed by atoms with Crippen molar-refractivity contribution in [2.24, 2.45) is 7.05 Å². The molecule has 2 aromatic carbocycles. The molecule has 1 N–H and O–H groups in total. The average Bonchev–Trinajstić information content (AvgIpc) is 3.15. The quantitative estimate of drug-likeness (QED) is 0.512. The average molecular weight is 436 g/mol. The number of carbonyl (C=O) groups excluding carboxylic acids is 1. The molecule has 0 saturated carbocycles. The summed E-state index contributed by atoms with van der Waals surface area (Å²) in [6.07, 6.45) is 3.60. The fraction of sp³-hybridized carbons (Fsp3) is 0.385. The minimum Gasteiger partial charge on any atom is -0.496 e. The molecule has 0 aliphatic rings. The number of benzene rings is 2. The topological polar surface area (TPSA) is 65.4 Å². The van der Waals surface area contributed by atoms with E-state index in [1.165, 1.54) is 5.56 Å². The molecule has 6 nitrogen and oxygen atoms in total. The zero-order valence-electron chi connectivity index (χ0n) is 19.6. The van der Waals surface area contributed by atoms with Crippen molar-refractivity contribution in [3.8, 4) is 17.1 Å². The lowest BCUT2D eigenvalue weighted by Crippen LogP contribution is -2.26. The van der Waals surface area contributed by atoms with Gasteiger partial charge in [0.2, 0.25) is 0 Å². The molecule has 0 spiro atoms. The van der Waals surface area contributed by atoms with Gasteiger partial charge in [-0.1, -0.05) is 42.5 Å². The molecule has 3 rings (SSSR count). The summed E-state index contributed by atoms with van der Waals surface area (Å²) in [5.41, 5.74) is 3.64. The predicted octanol–water partition coefficient (Wildman–Crippen LogP) is 4.42. The van der Waals surface area contributed by atoms with E-state index in [9.17, 15) is 4.79 Å². The Hall–Kier alpha value is -3.12. The van der Waals surface area contributed by atoms with Gasteiger partial charge in [-0.05, 0) is 50.8 Å². The van der Waals surface area contributed by atoms with Crippen LogP contribution in [0.4, 0.5) is 0 Å². The first-order valence-electron chi connectivity index (χ1n) is 11.1. The third-order valence-corrected chi connectivity index (χ3v) is 5.19. The number of imidazole rings is 1. The van der Waals surface area contributed by atoms with E-state index in [2.05, 4.69) is 29.4 Å². The van der Waals surface area contributed by atoms with Crippen molar-refractivity contribution in [2.75, 3.05) is 13.7 Å². The molecule has 1 amide bonds. The van der Waals surface area contributed by atoms with Crippen LogP contribution in [0.25, 0.3) is 11.4 Å². The lowest BCUT2D eigenvalue weighted by molar-refractivity contribution is 0.0195. The molecule has 0 bridgehead atoms. The lowest BCUT2D eigenvalue weighted by Gasteiger charge is -2.17. The highest BCUT2D eigenvalue weighted by molar-refractivity contribution is 5.92. The zero-order chi connectivity index (χ0) is 23.1. The number of nitrogens with one attached hydrogen (secondary N) is 1. The summed E-state index contributed by atoms with van der Waals surface area (Å²) in [5, 5.41) is 2.98. The molecule has 0 fully saturated rings. The van der Waals surface area contributed by atoms with Crippen molar-refractivity contribution >= 4 is 5.91 Å². The maximum absolute atomic E-state index is 12.7. The molecule has 170 valence electrons. The van der Waals surface area contributed by atoms with Crippen molar-refractivity contribution in [1.29, 1.82) is 0 Å². The van der Waals surface area contributed by atoms with Crippen LogP contribution in [0.1, 0.15) is 42.4 Å². The molecule has 0 saturated heterocycles. The molecule has 0 aliphatic heterocycles. The summed E-state index contributed by atoms with van der Waals surface area (Å²) < 4.78 is 13.3. The molecule has 0 aliphatic carbocycles. The van der Waals surface area contributed by atoms with E-state index >= 15 is 0 Å². The molecule has 6 heteroatoms. The van der Waals surface area contributed by atoms with Gasteiger partial charge < -0.3 is 19.4 Å². The largest absolute Gasteiger partial charge is 0.496 e. The Kier molecular flexibility index (Phi) is 8.06. The van der Waals surface area contributed by atoms with E-state index in [1.54, 1.807) is 13.3 Å². The summed E-state index contributed by atoms with van der Waals surface area (Å²) in [4.78, 5) is 17.2. The van der Waals surface area contributed by atoms with Crippen LogP contribution in [0.3, 0.4) is 0 Å². The minimum absolute atomic E-state index is 0.138. The standard InChI is InChI=1S/C26H33N3O3/c1-18(2)32-19(3)15-20-11-12-24(31-5)22(16-20)13-14-27-26(30)23-17-29(4)25(28-23)21-9-7-6-8-10-21/h6-12,16-19H,13-15H2,1-5H3,(H,27,30). The van der Waals surface area contributed by atoms with Gasteiger partial charge in [-0.2, -0.15) is 0 Å². The van der Waals surface area contributed by atoms with Crippen LogP contribution < -0.4 is 10.1 Å². The first kappa shape index (κ1) is 23.5. The van der Waals surface area contributed by atoms with Crippen LogP contribution in [-0.2, 0) is 24.6 Å². The van der Waals surface area contributed by atoms with Crippen molar-refractivity contribution in [2.45, 2.75) is 45.8 Å². The van der Waals surface area contributed by atoms with E-state index in [0.717, 1.165) is 29.1 Å². The summed E-state index contributed by atoms with van der Waals surface area (Å²) in [6.45, 7) is 6.67. The van der Waals surface area contributed by atoms with Gasteiger partial charge in [-0.15, -0.1) is 0 Å². The maximum atomic E-state index is 12.7. The summed E-state index contributed by atoms with van der Waals surface area (Å²) in [6, 6.07) is 16.0. The third kappa shape index (κ3) is 6.20. The molecule has 1 aromatic heterocycles. The number of carbonyl (C=O) groups is 1. The fourth-order valence-corrected chi connectivity index (χ4v) is 3.83. The normalized spacial score (nSPS) is 12.1. The van der Waals surface area contributed by atoms with Gasteiger partial charge in [-0.3, -0.25) is 4.79 Å². The first-order chi connectivity index (χ1) is 15.4. The second-order valence-electron chi connectivity index (χ2n) is 8.28. The van der Waals surface area contributed by atoms with Gasteiger partial charge in [0, 0.05) is 25.4 Å². The molecule has 32 heavy (non-hydrogen) atoms. The predicted molar refractivity (Wildman–Crippen MR) is 127 cm³/mol. The highest BCUT2D eigenvalue weighted by Crippen LogP contribution is 2.22. The Bertz CT molecular complexity index is 1030. The number of amides is 1. The third-order valence-electron chi connectivity index (χ3n) is 5.19. The van der Waals surface area contributed by atoms with Gasteiger partial charge in [-0.25, -0.2) is 4.98 Å². The maximum Gasteiger partial charge on any atom is 0.271 e. The smallest absolute Gasteiger partial charge is 0.271 e. The zero-order valence-corrected chi connectivity index (χ0v) is 19.6. The number of nitrogens with zero attached hydrogens (tertiary/aromatic N) is 2. The Morgan fingerprint density at radius 1 is 1.12 bits per heavy atom. The molecular formula is C26H33N3O3. The van der Waals surface area contributed by atoms with Crippen molar-refractivity contribution in [1.82, 2.24) is 14.9 Å². The van der Waals surface area contributed by atoms with E-state index in [1.807, 2.05) is 61.9 Å². The van der Waals surface area contributed by atoms with Crippen molar-refractivity contribution in [3.63, 3.8) is 0 Å². The summed E-state index contributed by atoms with van der Waals surface area (Å²) in [7, 11) is 3.56. The minimum atomic E-state index is -0.183. The molecule has 3 aromatic rings. The molecular weight excluding hydrogens is 402 g/mol. The van der Waals surface area contributed by atoms with E-state index in [4.69, 9.17) is 9.47 Å². The number of hydrogen-bond donors (Lipinski definition) is 1. The number of ether oxygens (including phenoxy) is 2. The SMILES string of the molecule is COc1ccc(CC(C)OC(C)C)cc1CCNC(=O)c1cn(C)c(-c2ccccc2)n1. The second-order valence-corrected chi connectivity index (χ2v) is 8.28. The molecule has 1 unspecified atom stereocenters. The van der Waals surface area contributed by atoms with Crippen molar-refractivity contribution in [3.05, 3.63) is 71.5 Å². The van der Waals surface area contributed by atoms with E-state index in [-0.39, 0.29) is 18.1 Å². The van der Waals surface area contributed by atoms with Crippen LogP contribution in [-0.4, -0.2) is 41.3 Å². The van der Waals surface area contributed by atoms with Crippen LogP contribution in [0, 0.1) is 0 Å². The number of aryl methyl sites for hydroxylation is 1. The van der Waals surface area contributed by atoms with Gasteiger partial charge in [0.25, 0.3) is 5.91 Å². The molecule has 0 radical (unpaired) electrons. The summed E-state index contributed by atoms with van der Waals surface area (Å²) in [5.74, 6) is 1.41. The van der Waals surface area contributed by atoms with Crippen molar-refractivity contribution < 1.29 is 14.3 Å². The van der Waals surface area contributed by atoms with Gasteiger partial charge in [0.15, 0.2) is 0 Å². The second kappa shape index (κ2) is 11.0. The molecule has 1 atom stereocenters. The van der Waals surface area contributed by atoms with Gasteiger partial charge in [0.1, 0.15) is 17.3 Å². The number of hydrogen-bond acceptors (Lipinski definition) is 4. The van der Waals surface area contributed by atoms with Crippen LogP contribution >= 0.6 is 0 Å². The number of rotatable bonds is 10.